The molecule has 6 heteroatoms. The number of halogens is 1. The number of nitrogens with two attached hydrogens (primary N) is 1. The maximum atomic E-state index is 13.7. The molecule has 100 valence electrons. The zero-order chi connectivity index (χ0) is 14.0. The van der Waals surface area contributed by atoms with E-state index in [0.29, 0.717) is 6.54 Å². The minimum Gasteiger partial charge on any atom is -0.398 e. The Kier molecular flexibility index (Phi) is 3.50. The smallest absolute Gasteiger partial charge is 0.331 e. The van der Waals surface area contributed by atoms with Crippen molar-refractivity contribution in [2.45, 2.75) is 20.0 Å². The zero-order valence-corrected chi connectivity index (χ0v) is 10.5. The third kappa shape index (κ3) is 2.42. The van der Waals surface area contributed by atoms with E-state index in [-0.39, 0.29) is 17.8 Å². The molecule has 0 unspecified atom stereocenters. The molecule has 0 radical (unpaired) electrons. The molecule has 0 amide bonds. The highest BCUT2D eigenvalue weighted by atomic mass is 19.1. The quantitative estimate of drug-likeness (QED) is 0.833. The summed E-state index contributed by atoms with van der Waals surface area (Å²) in [6, 6.07) is 5.54. The second-order valence-electron chi connectivity index (χ2n) is 4.12. The second-order valence-corrected chi connectivity index (χ2v) is 4.12. The lowest BCUT2D eigenvalue weighted by atomic mass is 10.1. The molecule has 1 aromatic heterocycles. The van der Waals surface area contributed by atoms with E-state index < -0.39 is 17.1 Å². The van der Waals surface area contributed by atoms with Gasteiger partial charge in [-0.15, -0.1) is 0 Å². The Hall–Kier alpha value is -2.37. The van der Waals surface area contributed by atoms with Gasteiger partial charge in [0.25, 0.3) is 5.56 Å². The van der Waals surface area contributed by atoms with Crippen LogP contribution < -0.4 is 17.0 Å². The molecule has 0 saturated heterocycles. The van der Waals surface area contributed by atoms with E-state index in [4.69, 9.17) is 5.73 Å². The maximum absolute atomic E-state index is 13.7. The van der Waals surface area contributed by atoms with Crippen LogP contribution in [-0.4, -0.2) is 9.13 Å². The summed E-state index contributed by atoms with van der Waals surface area (Å²) < 4.78 is 16.0. The van der Waals surface area contributed by atoms with Crippen LogP contribution in [0.4, 0.5) is 10.1 Å². The van der Waals surface area contributed by atoms with Gasteiger partial charge in [0, 0.05) is 30.1 Å². The fourth-order valence-corrected chi connectivity index (χ4v) is 1.84. The van der Waals surface area contributed by atoms with Crippen LogP contribution in [0.5, 0.6) is 0 Å². The van der Waals surface area contributed by atoms with Gasteiger partial charge in [-0.25, -0.2) is 9.18 Å². The molecule has 1 aromatic carbocycles. The first-order valence-electron chi connectivity index (χ1n) is 5.87. The lowest BCUT2D eigenvalue weighted by Crippen LogP contribution is -2.39. The van der Waals surface area contributed by atoms with Crippen molar-refractivity contribution in [3.63, 3.8) is 0 Å². The summed E-state index contributed by atoms with van der Waals surface area (Å²) in [5, 5.41) is 0. The molecule has 5 nitrogen and oxygen atoms in total. The molecular weight excluding hydrogens is 249 g/mol. The average Bonchev–Trinajstić information content (AvgIpc) is 2.37. The molecule has 2 aromatic rings. The molecule has 0 aliphatic heterocycles. The van der Waals surface area contributed by atoms with E-state index >= 15 is 0 Å². The summed E-state index contributed by atoms with van der Waals surface area (Å²) in [7, 11) is 0. The zero-order valence-electron chi connectivity index (χ0n) is 10.5. The summed E-state index contributed by atoms with van der Waals surface area (Å²) >= 11 is 0. The van der Waals surface area contributed by atoms with Gasteiger partial charge < -0.3 is 10.3 Å². The number of aryl methyl sites for hydroxylation is 1. The first-order valence-corrected chi connectivity index (χ1v) is 5.87. The van der Waals surface area contributed by atoms with E-state index in [9.17, 15) is 14.0 Å². The van der Waals surface area contributed by atoms with Gasteiger partial charge in [-0.3, -0.25) is 9.36 Å². The predicted molar refractivity (Wildman–Crippen MR) is 70.6 cm³/mol. The van der Waals surface area contributed by atoms with Crippen molar-refractivity contribution in [2.75, 3.05) is 5.73 Å². The highest BCUT2D eigenvalue weighted by Crippen LogP contribution is 2.15. The van der Waals surface area contributed by atoms with Gasteiger partial charge in [-0.2, -0.15) is 0 Å². The number of hydrogen-bond acceptors (Lipinski definition) is 3. The molecule has 0 bridgehead atoms. The average molecular weight is 263 g/mol. The van der Waals surface area contributed by atoms with Crippen LogP contribution in [0.2, 0.25) is 0 Å². The normalized spacial score (nSPS) is 10.6. The van der Waals surface area contributed by atoms with Crippen molar-refractivity contribution in [1.82, 2.24) is 9.13 Å². The molecule has 0 spiro atoms. The number of benzene rings is 1. The number of anilines is 1. The topological polar surface area (TPSA) is 70.0 Å². The van der Waals surface area contributed by atoms with Gasteiger partial charge in [0.05, 0.1) is 6.54 Å². The Balaban J connectivity index is 2.56. The summed E-state index contributed by atoms with van der Waals surface area (Å²) in [5.74, 6) is -0.529. The van der Waals surface area contributed by atoms with Crippen LogP contribution in [-0.2, 0) is 13.1 Å². The van der Waals surface area contributed by atoms with E-state index in [0.717, 1.165) is 4.57 Å². The summed E-state index contributed by atoms with van der Waals surface area (Å²) in [6.45, 7) is 2.05. The van der Waals surface area contributed by atoms with E-state index in [1.165, 1.54) is 35.0 Å². The van der Waals surface area contributed by atoms with Gasteiger partial charge in [0.2, 0.25) is 0 Å². The van der Waals surface area contributed by atoms with Crippen LogP contribution in [0.15, 0.2) is 40.1 Å². The summed E-state index contributed by atoms with van der Waals surface area (Å²) in [6.07, 6.45) is 1.42. The standard InChI is InChI=1S/C13H14FN3O2/c1-2-16-7-6-12(18)17(13(16)19)8-9-10(14)4-3-5-11(9)15/h3-7H,2,8,15H2,1H3. The van der Waals surface area contributed by atoms with E-state index in [2.05, 4.69) is 0 Å². The lowest BCUT2D eigenvalue weighted by molar-refractivity contribution is 0.567. The largest absolute Gasteiger partial charge is 0.398 e. The van der Waals surface area contributed by atoms with E-state index in [1.54, 1.807) is 6.92 Å². The van der Waals surface area contributed by atoms with Crippen molar-refractivity contribution in [1.29, 1.82) is 0 Å². The SMILES string of the molecule is CCn1ccc(=O)n(Cc2c(N)cccc2F)c1=O. The fraction of sp³-hybridized carbons (Fsp3) is 0.231. The summed E-state index contributed by atoms with van der Waals surface area (Å²) in [5.41, 5.74) is 5.10. The Morgan fingerprint density at radius 2 is 2.00 bits per heavy atom. The van der Waals surface area contributed by atoms with Gasteiger partial charge in [0.1, 0.15) is 5.82 Å². The fourth-order valence-electron chi connectivity index (χ4n) is 1.84. The molecule has 1 heterocycles. The third-order valence-electron chi connectivity index (χ3n) is 2.95. The molecule has 0 saturated carbocycles. The molecule has 0 aliphatic rings. The lowest BCUT2D eigenvalue weighted by Gasteiger charge is -2.10. The van der Waals surface area contributed by atoms with Crippen molar-refractivity contribution in [3.8, 4) is 0 Å². The molecule has 0 fully saturated rings. The number of hydrogen-bond donors (Lipinski definition) is 1. The van der Waals surface area contributed by atoms with Crippen molar-refractivity contribution >= 4 is 5.69 Å². The van der Waals surface area contributed by atoms with Crippen LogP contribution >= 0.6 is 0 Å². The Morgan fingerprint density at radius 1 is 1.26 bits per heavy atom. The minimum absolute atomic E-state index is 0.149. The van der Waals surface area contributed by atoms with Gasteiger partial charge in [-0.05, 0) is 19.1 Å². The van der Waals surface area contributed by atoms with Crippen molar-refractivity contribution in [3.05, 3.63) is 62.7 Å². The Bertz CT molecular complexity index is 698. The summed E-state index contributed by atoms with van der Waals surface area (Å²) in [4.78, 5) is 23.7. The van der Waals surface area contributed by atoms with E-state index in [1.807, 2.05) is 0 Å². The van der Waals surface area contributed by atoms with Crippen molar-refractivity contribution in [2.24, 2.45) is 0 Å². The van der Waals surface area contributed by atoms with Crippen LogP contribution in [0.25, 0.3) is 0 Å². The first-order chi connectivity index (χ1) is 9.04. The number of rotatable bonds is 3. The van der Waals surface area contributed by atoms with Gasteiger partial charge in [-0.1, -0.05) is 6.07 Å². The Morgan fingerprint density at radius 3 is 2.63 bits per heavy atom. The highest BCUT2D eigenvalue weighted by molar-refractivity contribution is 5.47. The molecule has 2 N–H and O–H groups in total. The number of nitrogen functional groups attached to an aromatic ring is 1. The maximum Gasteiger partial charge on any atom is 0.331 e. The third-order valence-corrected chi connectivity index (χ3v) is 2.95. The number of nitrogens with zero attached hydrogens (tertiary/aromatic N) is 2. The molecule has 0 aliphatic carbocycles. The monoisotopic (exact) mass is 263 g/mol. The van der Waals surface area contributed by atoms with Crippen LogP contribution in [0, 0.1) is 5.82 Å². The molecule has 2 rings (SSSR count). The van der Waals surface area contributed by atoms with Crippen molar-refractivity contribution < 1.29 is 4.39 Å². The molecular formula is C13H14FN3O2. The van der Waals surface area contributed by atoms with Crippen LogP contribution in [0.1, 0.15) is 12.5 Å². The highest BCUT2D eigenvalue weighted by Gasteiger charge is 2.11. The van der Waals surface area contributed by atoms with Gasteiger partial charge >= 0.3 is 5.69 Å². The second kappa shape index (κ2) is 5.09. The van der Waals surface area contributed by atoms with Gasteiger partial charge in [0.15, 0.2) is 0 Å². The molecule has 0 atom stereocenters. The minimum atomic E-state index is -0.529. The van der Waals surface area contributed by atoms with Crippen LogP contribution in [0.3, 0.4) is 0 Å². The first kappa shape index (κ1) is 13.1. The predicted octanol–water partition coefficient (Wildman–Crippen LogP) is 0.799. The molecule has 19 heavy (non-hydrogen) atoms. The Labute approximate surface area is 108 Å². The number of aromatic nitrogens is 2.